The minimum Gasteiger partial charge on any atom is -0.358 e. The van der Waals surface area contributed by atoms with Crippen LogP contribution in [0.1, 0.15) is 22.3 Å². The Morgan fingerprint density at radius 2 is 1.58 bits per heavy atom. The van der Waals surface area contributed by atoms with Gasteiger partial charge < -0.3 is 15.2 Å². The van der Waals surface area contributed by atoms with Crippen molar-refractivity contribution in [2.45, 2.75) is 26.6 Å². The zero-order valence-electron chi connectivity index (χ0n) is 17.5. The first-order valence-electron chi connectivity index (χ1n) is 10.3. The number of benzene rings is 3. The molecule has 0 saturated carbocycles. The second kappa shape index (κ2) is 9.58. The van der Waals surface area contributed by atoms with Gasteiger partial charge in [-0.15, -0.1) is 0 Å². The summed E-state index contributed by atoms with van der Waals surface area (Å²) in [5, 5.41) is 5.00. The number of hydrogen-bond acceptors (Lipinski definition) is 2. The van der Waals surface area contributed by atoms with Crippen LogP contribution in [-0.2, 0) is 19.6 Å². The lowest BCUT2D eigenvalue weighted by Crippen LogP contribution is -2.39. The number of nitrogens with one attached hydrogen (secondary N) is 2. The van der Waals surface area contributed by atoms with Gasteiger partial charge in [0.15, 0.2) is 5.11 Å². The smallest absolute Gasteiger partial charge is 0.253 e. The zero-order chi connectivity index (χ0) is 21.6. The van der Waals surface area contributed by atoms with Gasteiger partial charge in [-0.3, -0.25) is 4.79 Å². The van der Waals surface area contributed by atoms with Crippen LogP contribution >= 0.6 is 12.2 Å². The highest BCUT2D eigenvalue weighted by Crippen LogP contribution is 2.17. The van der Waals surface area contributed by atoms with E-state index in [1.54, 1.807) is 0 Å². The maximum Gasteiger partial charge on any atom is 0.253 e. The maximum atomic E-state index is 12.8. The molecule has 0 atom stereocenters. The Kier molecular flexibility index (Phi) is 6.43. The number of aromatic nitrogens is 1. The summed E-state index contributed by atoms with van der Waals surface area (Å²) in [5.41, 5.74) is 4.85. The second-order valence-corrected chi connectivity index (χ2v) is 8.04. The van der Waals surface area contributed by atoms with Gasteiger partial charge in [-0.05, 0) is 47.3 Å². The molecule has 4 rings (SSSR count). The summed E-state index contributed by atoms with van der Waals surface area (Å²) in [5.74, 6) is 0. The third-order valence-electron chi connectivity index (χ3n) is 5.32. The van der Waals surface area contributed by atoms with Gasteiger partial charge >= 0.3 is 0 Å². The largest absolute Gasteiger partial charge is 0.358 e. The van der Waals surface area contributed by atoms with Gasteiger partial charge in [0.25, 0.3) is 5.56 Å². The van der Waals surface area contributed by atoms with Crippen molar-refractivity contribution >= 4 is 28.2 Å². The fourth-order valence-corrected chi connectivity index (χ4v) is 3.84. The van der Waals surface area contributed by atoms with Crippen LogP contribution in [0.15, 0.2) is 89.7 Å². The third kappa shape index (κ3) is 5.19. The van der Waals surface area contributed by atoms with E-state index in [2.05, 4.69) is 34.6 Å². The quantitative estimate of drug-likeness (QED) is 0.429. The van der Waals surface area contributed by atoms with Crippen LogP contribution in [0.2, 0.25) is 0 Å². The molecule has 2 N–H and O–H groups in total. The van der Waals surface area contributed by atoms with Gasteiger partial charge in [0, 0.05) is 18.7 Å². The van der Waals surface area contributed by atoms with Crippen molar-refractivity contribution in [2.75, 3.05) is 0 Å². The number of aryl methyl sites for hydroxylation is 1. The topological polar surface area (TPSA) is 48.1 Å². The van der Waals surface area contributed by atoms with E-state index in [-0.39, 0.29) is 5.56 Å². The summed E-state index contributed by atoms with van der Waals surface area (Å²) in [7, 11) is 0. The van der Waals surface area contributed by atoms with Crippen molar-refractivity contribution in [3.63, 3.8) is 0 Å². The number of para-hydroxylation sites is 1. The first kappa shape index (κ1) is 20.8. The highest BCUT2D eigenvalue weighted by Gasteiger charge is 2.14. The summed E-state index contributed by atoms with van der Waals surface area (Å²) in [6.07, 6.45) is 0. The fourth-order valence-electron chi connectivity index (χ4n) is 3.64. The molecule has 0 bridgehead atoms. The van der Waals surface area contributed by atoms with Gasteiger partial charge in [0.1, 0.15) is 0 Å². The molecule has 0 unspecified atom stereocenters. The molecule has 1 heterocycles. The van der Waals surface area contributed by atoms with E-state index in [0.717, 1.165) is 27.6 Å². The number of H-pyrrole nitrogens is 1. The fraction of sp³-hybridized carbons (Fsp3) is 0.154. The molecule has 3 aromatic carbocycles. The first-order chi connectivity index (χ1) is 15.1. The van der Waals surface area contributed by atoms with E-state index in [1.165, 1.54) is 0 Å². The Labute approximate surface area is 187 Å². The Morgan fingerprint density at radius 3 is 2.29 bits per heavy atom. The standard InChI is InChI=1S/C26H25N3OS/c1-19-9-8-14-22-15-23(25(30)28-24(19)22)18-29(17-21-12-6-3-7-13-21)26(31)27-16-20-10-4-2-5-11-20/h2-15H,16-18H2,1H3,(H,27,31)(H,28,30). The summed E-state index contributed by atoms with van der Waals surface area (Å²) in [6.45, 7) is 3.68. The minimum atomic E-state index is -0.0780. The minimum absolute atomic E-state index is 0.0780. The van der Waals surface area contributed by atoms with Gasteiger partial charge in [-0.1, -0.05) is 78.9 Å². The van der Waals surface area contributed by atoms with Crippen molar-refractivity contribution in [3.05, 3.63) is 118 Å². The molecule has 0 aliphatic rings. The van der Waals surface area contributed by atoms with Gasteiger partial charge in [-0.2, -0.15) is 0 Å². The van der Waals surface area contributed by atoms with Crippen molar-refractivity contribution in [3.8, 4) is 0 Å². The number of thiocarbonyl (C=S) groups is 1. The summed E-state index contributed by atoms with van der Waals surface area (Å²) in [6, 6.07) is 28.3. The van der Waals surface area contributed by atoms with E-state index in [9.17, 15) is 4.79 Å². The number of hydrogen-bond donors (Lipinski definition) is 2. The van der Waals surface area contributed by atoms with E-state index in [0.29, 0.717) is 30.3 Å². The lowest BCUT2D eigenvalue weighted by atomic mass is 10.1. The van der Waals surface area contributed by atoms with Crippen LogP contribution in [0.3, 0.4) is 0 Å². The molecule has 0 fully saturated rings. The van der Waals surface area contributed by atoms with Gasteiger partial charge in [0.2, 0.25) is 0 Å². The van der Waals surface area contributed by atoms with Crippen LogP contribution in [-0.4, -0.2) is 15.0 Å². The van der Waals surface area contributed by atoms with Crippen molar-refractivity contribution in [2.24, 2.45) is 0 Å². The molecule has 1 aromatic heterocycles. The summed E-state index contributed by atoms with van der Waals surface area (Å²) >= 11 is 5.74. The predicted molar refractivity (Wildman–Crippen MR) is 131 cm³/mol. The second-order valence-electron chi connectivity index (χ2n) is 7.65. The van der Waals surface area contributed by atoms with Crippen molar-refractivity contribution < 1.29 is 0 Å². The molecule has 0 aliphatic carbocycles. The van der Waals surface area contributed by atoms with E-state index in [4.69, 9.17) is 12.2 Å². The molecular weight excluding hydrogens is 402 g/mol. The number of aromatic amines is 1. The monoisotopic (exact) mass is 427 g/mol. The van der Waals surface area contributed by atoms with Crippen molar-refractivity contribution in [1.82, 2.24) is 15.2 Å². The normalized spacial score (nSPS) is 10.7. The number of nitrogens with zero attached hydrogens (tertiary/aromatic N) is 1. The molecule has 0 radical (unpaired) electrons. The summed E-state index contributed by atoms with van der Waals surface area (Å²) in [4.78, 5) is 17.9. The highest BCUT2D eigenvalue weighted by molar-refractivity contribution is 7.80. The number of fused-ring (bicyclic) bond motifs is 1. The van der Waals surface area contributed by atoms with Crippen LogP contribution in [0.25, 0.3) is 10.9 Å². The average molecular weight is 428 g/mol. The Morgan fingerprint density at radius 1 is 0.903 bits per heavy atom. The van der Waals surface area contributed by atoms with Crippen LogP contribution < -0.4 is 10.9 Å². The van der Waals surface area contributed by atoms with Gasteiger partial charge in [0.05, 0.1) is 12.1 Å². The van der Waals surface area contributed by atoms with Crippen LogP contribution in [0, 0.1) is 6.92 Å². The number of pyridine rings is 1. The van der Waals surface area contributed by atoms with Crippen LogP contribution in [0.5, 0.6) is 0 Å². The molecule has 31 heavy (non-hydrogen) atoms. The Hall–Kier alpha value is -3.44. The zero-order valence-corrected chi connectivity index (χ0v) is 18.3. The molecule has 4 nitrogen and oxygen atoms in total. The highest BCUT2D eigenvalue weighted by atomic mass is 32.1. The van der Waals surface area contributed by atoms with E-state index < -0.39 is 0 Å². The lowest BCUT2D eigenvalue weighted by Gasteiger charge is -2.26. The average Bonchev–Trinajstić information content (AvgIpc) is 2.79. The molecule has 0 spiro atoms. The Bertz CT molecular complexity index is 1240. The molecular formula is C26H25N3OS. The third-order valence-corrected chi connectivity index (χ3v) is 5.72. The van der Waals surface area contributed by atoms with Crippen LogP contribution in [0.4, 0.5) is 0 Å². The lowest BCUT2D eigenvalue weighted by molar-refractivity contribution is 0.397. The van der Waals surface area contributed by atoms with Gasteiger partial charge in [-0.25, -0.2) is 0 Å². The summed E-state index contributed by atoms with van der Waals surface area (Å²) < 4.78 is 0. The molecule has 0 saturated heterocycles. The van der Waals surface area contributed by atoms with E-state index in [1.807, 2.05) is 72.5 Å². The molecule has 156 valence electrons. The molecule has 0 aliphatic heterocycles. The maximum absolute atomic E-state index is 12.8. The number of rotatable bonds is 6. The SMILES string of the molecule is Cc1cccc2cc(CN(Cc3ccccc3)C(=S)NCc3ccccc3)c(=O)[nH]c12. The first-order valence-corrected chi connectivity index (χ1v) is 10.7. The predicted octanol–water partition coefficient (Wildman–Crippen LogP) is 4.91. The van der Waals surface area contributed by atoms with E-state index >= 15 is 0 Å². The molecule has 5 heteroatoms. The Balaban J connectivity index is 1.59. The van der Waals surface area contributed by atoms with Crippen molar-refractivity contribution in [1.29, 1.82) is 0 Å². The molecule has 4 aromatic rings. The molecule has 0 amide bonds.